The second kappa shape index (κ2) is 6.60. The number of carbonyl (C=O) groups excluding carboxylic acids is 2. The van der Waals surface area contributed by atoms with Crippen LogP contribution >= 0.6 is 11.8 Å². The summed E-state index contributed by atoms with van der Waals surface area (Å²) in [4.78, 5) is 23.7. The van der Waals surface area contributed by atoms with Crippen molar-refractivity contribution in [2.45, 2.75) is 11.7 Å². The van der Waals surface area contributed by atoms with Gasteiger partial charge in [-0.2, -0.15) is 0 Å². The van der Waals surface area contributed by atoms with Gasteiger partial charge in [-0.3, -0.25) is 9.59 Å². The summed E-state index contributed by atoms with van der Waals surface area (Å²) in [7, 11) is 0. The van der Waals surface area contributed by atoms with Gasteiger partial charge in [-0.15, -0.1) is 11.8 Å². The Morgan fingerprint density at radius 3 is 2.67 bits per heavy atom. The van der Waals surface area contributed by atoms with Gasteiger partial charge in [-0.05, 0) is 29.4 Å². The number of hydrogen-bond donors (Lipinski definition) is 2. The Labute approximate surface area is 141 Å². The normalized spacial score (nSPS) is 16.3. The van der Waals surface area contributed by atoms with Crippen molar-refractivity contribution in [1.29, 1.82) is 0 Å². The van der Waals surface area contributed by atoms with Crippen molar-refractivity contribution in [3.63, 3.8) is 0 Å². The highest BCUT2D eigenvalue weighted by Gasteiger charge is 2.27. The molecule has 3 rings (SSSR count). The van der Waals surface area contributed by atoms with E-state index < -0.39 is 34.3 Å². The number of amides is 2. The van der Waals surface area contributed by atoms with Crippen LogP contribution in [0.3, 0.4) is 0 Å². The van der Waals surface area contributed by atoms with E-state index in [1.165, 1.54) is 11.8 Å². The molecule has 0 spiro atoms. The first-order valence-electron chi connectivity index (χ1n) is 7.26. The van der Waals surface area contributed by atoms with Gasteiger partial charge in [0.1, 0.15) is 16.9 Å². The van der Waals surface area contributed by atoms with Gasteiger partial charge in [-0.1, -0.05) is 24.3 Å². The predicted octanol–water partition coefficient (Wildman–Crippen LogP) is 3.03. The van der Waals surface area contributed by atoms with Crippen LogP contribution in [0.25, 0.3) is 0 Å². The molecule has 0 bridgehead atoms. The first-order chi connectivity index (χ1) is 11.5. The van der Waals surface area contributed by atoms with Crippen molar-refractivity contribution < 1.29 is 18.4 Å². The number of primary amides is 1. The molecule has 124 valence electrons. The van der Waals surface area contributed by atoms with E-state index in [9.17, 15) is 18.4 Å². The quantitative estimate of drug-likeness (QED) is 0.895. The minimum Gasteiger partial charge on any atom is -0.366 e. The van der Waals surface area contributed by atoms with Crippen LogP contribution in [0.2, 0.25) is 0 Å². The maximum Gasteiger partial charge on any atom is 0.251 e. The summed E-state index contributed by atoms with van der Waals surface area (Å²) >= 11 is 1.45. The summed E-state index contributed by atoms with van der Waals surface area (Å²) in [5.74, 6) is -2.70. The van der Waals surface area contributed by atoms with Gasteiger partial charge in [0, 0.05) is 6.07 Å². The third kappa shape index (κ3) is 3.12. The Hall–Kier alpha value is -2.41. The molecule has 2 amide bonds. The monoisotopic (exact) mass is 348 g/mol. The predicted molar refractivity (Wildman–Crippen MR) is 88.9 cm³/mol. The van der Waals surface area contributed by atoms with Crippen molar-refractivity contribution in [1.82, 2.24) is 0 Å². The van der Waals surface area contributed by atoms with Gasteiger partial charge in [0.2, 0.25) is 5.91 Å². The lowest BCUT2D eigenvalue weighted by atomic mass is 10.0. The largest absolute Gasteiger partial charge is 0.366 e. The lowest BCUT2D eigenvalue weighted by molar-refractivity contribution is -0.115. The Morgan fingerprint density at radius 2 is 1.92 bits per heavy atom. The molecule has 4 nitrogen and oxygen atoms in total. The lowest BCUT2D eigenvalue weighted by Gasteiger charge is -2.24. The summed E-state index contributed by atoms with van der Waals surface area (Å²) in [5, 5.41) is 1.94. The molecule has 0 aliphatic carbocycles. The summed E-state index contributed by atoms with van der Waals surface area (Å²) in [6.45, 7) is 0. The molecule has 0 saturated carbocycles. The smallest absolute Gasteiger partial charge is 0.251 e. The summed E-state index contributed by atoms with van der Waals surface area (Å²) in [6, 6.07) is 9.03. The minimum absolute atomic E-state index is 0.265. The van der Waals surface area contributed by atoms with Gasteiger partial charge < -0.3 is 11.1 Å². The molecular formula is C17H14F2N2O2S. The van der Waals surface area contributed by atoms with Crippen molar-refractivity contribution in [3.8, 4) is 0 Å². The molecule has 24 heavy (non-hydrogen) atoms. The first-order valence-corrected chi connectivity index (χ1v) is 8.31. The number of halogens is 2. The zero-order chi connectivity index (χ0) is 17.3. The average Bonchev–Trinajstić information content (AvgIpc) is 2.56. The summed E-state index contributed by atoms with van der Waals surface area (Å²) in [6.07, 6.45) is 0.862. The van der Waals surface area contributed by atoms with Gasteiger partial charge >= 0.3 is 0 Å². The molecule has 0 aromatic heterocycles. The van der Waals surface area contributed by atoms with E-state index in [0.717, 1.165) is 29.4 Å². The highest BCUT2D eigenvalue weighted by Crippen LogP contribution is 2.37. The Morgan fingerprint density at radius 1 is 1.17 bits per heavy atom. The molecule has 0 radical (unpaired) electrons. The van der Waals surface area contributed by atoms with Gasteiger partial charge in [0.05, 0.1) is 11.3 Å². The molecule has 1 heterocycles. The van der Waals surface area contributed by atoms with Crippen LogP contribution in [-0.2, 0) is 11.2 Å². The Bertz CT molecular complexity index is 826. The minimum atomic E-state index is -1.06. The fraction of sp³-hybridized carbons (Fsp3) is 0.176. The van der Waals surface area contributed by atoms with Crippen LogP contribution in [-0.4, -0.2) is 17.6 Å². The third-order valence-electron chi connectivity index (χ3n) is 3.81. The molecule has 7 heteroatoms. The highest BCUT2D eigenvalue weighted by molar-refractivity contribution is 8.00. The molecule has 0 saturated heterocycles. The average molecular weight is 348 g/mol. The fourth-order valence-corrected chi connectivity index (χ4v) is 3.84. The van der Waals surface area contributed by atoms with Gasteiger partial charge in [-0.25, -0.2) is 8.78 Å². The number of carbonyl (C=O) groups is 2. The number of thioether (sulfide) groups is 1. The Balaban J connectivity index is 1.89. The van der Waals surface area contributed by atoms with Crippen LogP contribution in [0.5, 0.6) is 0 Å². The van der Waals surface area contributed by atoms with E-state index in [1.807, 2.05) is 24.3 Å². The number of anilines is 1. The van der Waals surface area contributed by atoms with E-state index in [4.69, 9.17) is 5.73 Å². The topological polar surface area (TPSA) is 72.2 Å². The molecule has 2 aromatic rings. The number of hydrogen-bond acceptors (Lipinski definition) is 3. The number of nitrogens with one attached hydrogen (secondary N) is 1. The second-order valence-electron chi connectivity index (χ2n) is 5.37. The van der Waals surface area contributed by atoms with Crippen LogP contribution < -0.4 is 11.1 Å². The second-order valence-corrected chi connectivity index (χ2v) is 6.58. The fourth-order valence-electron chi connectivity index (χ4n) is 2.64. The number of aryl methyl sites for hydroxylation is 1. The molecule has 1 aliphatic heterocycles. The number of fused-ring (bicyclic) bond motifs is 1. The molecule has 2 aromatic carbocycles. The van der Waals surface area contributed by atoms with Crippen LogP contribution in [0.15, 0.2) is 36.4 Å². The third-order valence-corrected chi connectivity index (χ3v) is 5.05. The van der Waals surface area contributed by atoms with Gasteiger partial charge in [0.25, 0.3) is 5.91 Å². The SMILES string of the molecule is NC(=O)c1cc(NC(=O)C2SCCc3ccccc32)c(F)cc1F. The van der Waals surface area contributed by atoms with Crippen molar-refractivity contribution in [3.05, 3.63) is 64.7 Å². The van der Waals surface area contributed by atoms with Crippen LogP contribution in [0, 0.1) is 11.6 Å². The van der Waals surface area contributed by atoms with Crippen LogP contribution in [0.4, 0.5) is 14.5 Å². The molecule has 1 atom stereocenters. The molecule has 1 unspecified atom stereocenters. The van der Waals surface area contributed by atoms with E-state index in [1.54, 1.807) is 0 Å². The van der Waals surface area contributed by atoms with Crippen LogP contribution in [0.1, 0.15) is 26.7 Å². The van der Waals surface area contributed by atoms with Crippen molar-refractivity contribution in [2.24, 2.45) is 5.73 Å². The highest BCUT2D eigenvalue weighted by atomic mass is 32.2. The van der Waals surface area contributed by atoms with Crippen molar-refractivity contribution in [2.75, 3.05) is 11.1 Å². The number of nitrogens with two attached hydrogens (primary N) is 1. The molecular weight excluding hydrogens is 334 g/mol. The number of benzene rings is 2. The van der Waals surface area contributed by atoms with E-state index >= 15 is 0 Å². The standard InChI is InChI=1S/C17H14F2N2O2S/c18-12-8-13(19)14(7-11(12)16(20)22)21-17(23)15-10-4-2-1-3-9(10)5-6-24-15/h1-4,7-8,15H,5-6H2,(H2,20,22)(H,21,23). The zero-order valence-electron chi connectivity index (χ0n) is 12.5. The maximum atomic E-state index is 13.9. The molecule has 3 N–H and O–H groups in total. The maximum absolute atomic E-state index is 13.9. The van der Waals surface area contributed by atoms with E-state index in [2.05, 4.69) is 5.32 Å². The first kappa shape index (κ1) is 16.4. The zero-order valence-corrected chi connectivity index (χ0v) is 13.3. The molecule has 1 aliphatic rings. The lowest BCUT2D eigenvalue weighted by Crippen LogP contribution is -2.24. The summed E-state index contributed by atoms with van der Waals surface area (Å²) < 4.78 is 27.4. The Kier molecular flexibility index (Phi) is 4.53. The van der Waals surface area contributed by atoms with E-state index in [-0.39, 0.29) is 5.69 Å². The number of rotatable bonds is 3. The summed E-state index contributed by atoms with van der Waals surface area (Å²) in [5.41, 5.74) is 6.27. The van der Waals surface area contributed by atoms with E-state index in [0.29, 0.717) is 6.07 Å². The van der Waals surface area contributed by atoms with Gasteiger partial charge in [0.15, 0.2) is 0 Å². The molecule has 0 fully saturated rings. The van der Waals surface area contributed by atoms with Crippen molar-refractivity contribution >= 4 is 29.3 Å².